The number of halogens is 2. The zero-order valence-corrected chi connectivity index (χ0v) is 20.4. The van der Waals surface area contributed by atoms with Crippen molar-refractivity contribution in [2.45, 2.75) is 75.7 Å². The Morgan fingerprint density at radius 1 is 1.25 bits per heavy atom. The number of hydrogen-bond donors (Lipinski definition) is 4. The second kappa shape index (κ2) is 8.79. The third-order valence-electron chi connectivity index (χ3n) is 7.45. The number of hydrogen-bond acceptors (Lipinski definition) is 6. The summed E-state index contributed by atoms with van der Waals surface area (Å²) < 4.78 is 13.9. The van der Waals surface area contributed by atoms with Gasteiger partial charge in [-0.2, -0.15) is 0 Å². The Kier molecular flexibility index (Phi) is 6.01. The van der Waals surface area contributed by atoms with Gasteiger partial charge in [0, 0.05) is 24.2 Å². The van der Waals surface area contributed by atoms with Crippen molar-refractivity contribution in [3.8, 4) is 0 Å². The van der Waals surface area contributed by atoms with Gasteiger partial charge in [0.25, 0.3) is 11.8 Å². The van der Waals surface area contributed by atoms with E-state index in [1.165, 1.54) is 12.3 Å². The molecule has 2 bridgehead atoms. The Morgan fingerprint density at radius 2 is 1.94 bits per heavy atom. The van der Waals surface area contributed by atoms with E-state index in [0.717, 1.165) is 12.8 Å². The van der Waals surface area contributed by atoms with E-state index in [1.54, 1.807) is 0 Å². The third kappa shape index (κ3) is 4.68. The fourth-order valence-corrected chi connectivity index (χ4v) is 5.57. The van der Waals surface area contributed by atoms with Gasteiger partial charge in [-0.1, -0.05) is 11.6 Å². The van der Waals surface area contributed by atoms with E-state index in [4.69, 9.17) is 11.6 Å². The summed E-state index contributed by atoms with van der Waals surface area (Å²) in [5, 5.41) is 10.7. The summed E-state index contributed by atoms with van der Waals surface area (Å²) in [6.07, 6.45) is 3.61. The summed E-state index contributed by atoms with van der Waals surface area (Å²) in [7, 11) is 0. The predicted octanol–water partition coefficient (Wildman–Crippen LogP) is 1.43. The molecule has 5 fully saturated rings. The summed E-state index contributed by atoms with van der Waals surface area (Å²) in [5.41, 5.74) is -2.18. The standard InChI is InChI=1S/C24H27ClFN5O5/c1-11-4-12(19(33)28-11)5-16(17(32)21(35)29-14-2-3-14)30-20(34)15-6-13(25)7-27-18(15)31-22(36)23-8-24(26,9-23)10-23/h6-7,11-12,14,16H,2-5,8-10H2,1H3,(H,28,33)(H,29,35)(H,30,34)(H,27,31,36)/t11-,12+,16?,23?,24?/m1/s1. The molecule has 10 nitrogen and oxygen atoms in total. The van der Waals surface area contributed by atoms with Crippen molar-refractivity contribution in [1.29, 1.82) is 0 Å². The number of aromatic nitrogens is 1. The molecule has 0 aromatic carbocycles. The zero-order chi connectivity index (χ0) is 25.8. The number of alkyl halides is 1. The highest BCUT2D eigenvalue weighted by molar-refractivity contribution is 6.38. The molecular weight excluding hydrogens is 493 g/mol. The second-order valence-corrected chi connectivity index (χ2v) is 11.1. The molecular formula is C24H27ClFN5O5. The van der Waals surface area contributed by atoms with Gasteiger partial charge in [-0.15, -0.1) is 0 Å². The molecule has 0 radical (unpaired) electrons. The molecule has 1 aromatic heterocycles. The van der Waals surface area contributed by atoms with E-state index < -0.39 is 46.5 Å². The van der Waals surface area contributed by atoms with Gasteiger partial charge in [-0.25, -0.2) is 9.37 Å². The first-order valence-electron chi connectivity index (χ1n) is 12.1. The normalized spacial score (nSPS) is 30.8. The number of Topliss-reactive ketones (excluding diaryl/α,β-unsaturated/α-hetero) is 1. The molecule has 2 heterocycles. The summed E-state index contributed by atoms with van der Waals surface area (Å²) >= 11 is 6.05. The Labute approximate surface area is 211 Å². The summed E-state index contributed by atoms with van der Waals surface area (Å²) in [6.45, 7) is 1.83. The highest BCUT2D eigenvalue weighted by Crippen LogP contribution is 2.69. The Balaban J connectivity index is 1.33. The van der Waals surface area contributed by atoms with Crippen LogP contribution in [0.1, 0.15) is 62.2 Å². The zero-order valence-electron chi connectivity index (χ0n) is 19.7. The molecule has 0 spiro atoms. The maximum absolute atomic E-state index is 13.9. The number of nitrogens with zero attached hydrogens (tertiary/aromatic N) is 1. The summed E-state index contributed by atoms with van der Waals surface area (Å²) in [5.74, 6) is -3.79. The third-order valence-corrected chi connectivity index (χ3v) is 7.66. The van der Waals surface area contributed by atoms with Crippen molar-refractivity contribution in [2.24, 2.45) is 11.3 Å². The highest BCUT2D eigenvalue weighted by Gasteiger charge is 2.72. The average Bonchev–Trinajstić information content (AvgIpc) is 3.53. The topological polar surface area (TPSA) is 146 Å². The maximum Gasteiger partial charge on any atom is 0.289 e. The second-order valence-electron chi connectivity index (χ2n) is 10.7. The number of ketones is 1. The first-order valence-corrected chi connectivity index (χ1v) is 12.5. The predicted molar refractivity (Wildman–Crippen MR) is 126 cm³/mol. The number of carbonyl (C=O) groups is 5. The van der Waals surface area contributed by atoms with Gasteiger partial charge in [0.15, 0.2) is 0 Å². The van der Waals surface area contributed by atoms with E-state index in [2.05, 4.69) is 26.3 Å². The van der Waals surface area contributed by atoms with E-state index in [9.17, 15) is 28.4 Å². The van der Waals surface area contributed by atoms with E-state index in [-0.39, 0.29) is 60.1 Å². The molecule has 4 amide bonds. The van der Waals surface area contributed by atoms with E-state index >= 15 is 0 Å². The van der Waals surface area contributed by atoms with Crippen molar-refractivity contribution in [3.63, 3.8) is 0 Å². The van der Waals surface area contributed by atoms with Gasteiger partial charge in [0.1, 0.15) is 11.5 Å². The highest BCUT2D eigenvalue weighted by atomic mass is 35.5. The van der Waals surface area contributed by atoms with Crippen LogP contribution in [0.15, 0.2) is 12.3 Å². The summed E-state index contributed by atoms with van der Waals surface area (Å²) in [6, 6.07) is -0.140. The molecule has 1 aromatic rings. The molecule has 1 aliphatic heterocycles. The smallest absolute Gasteiger partial charge is 0.289 e. The van der Waals surface area contributed by atoms with Crippen molar-refractivity contribution in [3.05, 3.63) is 22.8 Å². The fraction of sp³-hybridized carbons (Fsp3) is 0.583. The first kappa shape index (κ1) is 24.6. The minimum absolute atomic E-state index is 0.0593. The van der Waals surface area contributed by atoms with Crippen molar-refractivity contribution in [1.82, 2.24) is 20.9 Å². The molecule has 12 heteroatoms. The van der Waals surface area contributed by atoms with Crippen LogP contribution in [-0.4, -0.2) is 58.2 Å². The number of pyridine rings is 1. The molecule has 192 valence electrons. The molecule has 6 rings (SSSR count). The number of amides is 4. The molecule has 3 atom stereocenters. The lowest BCUT2D eigenvalue weighted by atomic mass is 9.42. The largest absolute Gasteiger partial charge is 0.353 e. The minimum Gasteiger partial charge on any atom is -0.353 e. The monoisotopic (exact) mass is 519 g/mol. The number of carbonyl (C=O) groups excluding carboxylic acids is 5. The van der Waals surface area contributed by atoms with Crippen LogP contribution >= 0.6 is 11.6 Å². The van der Waals surface area contributed by atoms with Crippen LogP contribution < -0.4 is 21.3 Å². The van der Waals surface area contributed by atoms with Crippen LogP contribution in [0, 0.1) is 11.3 Å². The number of nitrogens with one attached hydrogen (secondary N) is 4. The van der Waals surface area contributed by atoms with Crippen LogP contribution in [0.4, 0.5) is 10.2 Å². The molecule has 36 heavy (non-hydrogen) atoms. The van der Waals surface area contributed by atoms with Crippen molar-refractivity contribution in [2.75, 3.05) is 5.32 Å². The van der Waals surface area contributed by atoms with Crippen molar-refractivity contribution >= 4 is 46.8 Å². The van der Waals surface area contributed by atoms with Crippen LogP contribution in [0.2, 0.25) is 5.02 Å². The minimum atomic E-state index is -1.27. The van der Waals surface area contributed by atoms with Gasteiger partial charge < -0.3 is 21.3 Å². The lowest BCUT2D eigenvalue weighted by Crippen LogP contribution is -2.69. The number of rotatable bonds is 9. The van der Waals surface area contributed by atoms with Crippen LogP contribution in [0.3, 0.4) is 0 Å². The van der Waals surface area contributed by atoms with Crippen LogP contribution in [-0.2, 0) is 19.2 Å². The quantitative estimate of drug-likeness (QED) is 0.363. The Hall–Kier alpha value is -3.08. The molecule has 4 N–H and O–H groups in total. The summed E-state index contributed by atoms with van der Waals surface area (Å²) in [4.78, 5) is 67.9. The molecule has 5 aliphatic rings. The van der Waals surface area contributed by atoms with Gasteiger partial charge in [-0.05, 0) is 57.9 Å². The molecule has 4 aliphatic carbocycles. The van der Waals surface area contributed by atoms with Gasteiger partial charge in [0.05, 0.1) is 22.0 Å². The lowest BCUT2D eigenvalue weighted by Gasteiger charge is -2.64. The molecule has 1 unspecified atom stereocenters. The van der Waals surface area contributed by atoms with Gasteiger partial charge in [0.2, 0.25) is 17.6 Å². The Bertz CT molecular complexity index is 1150. The van der Waals surface area contributed by atoms with Gasteiger partial charge >= 0.3 is 0 Å². The molecule has 1 saturated heterocycles. The average molecular weight is 520 g/mol. The Morgan fingerprint density at radius 3 is 2.53 bits per heavy atom. The maximum atomic E-state index is 13.9. The SMILES string of the molecule is C[C@@H]1C[C@@H](CC(NC(=O)c2cc(Cl)cnc2NC(=O)C23CC(F)(C2)C3)C(=O)C(=O)NC2CC2)C(=O)N1. The van der Waals surface area contributed by atoms with Crippen LogP contribution in [0.25, 0.3) is 0 Å². The van der Waals surface area contributed by atoms with Gasteiger partial charge in [-0.3, -0.25) is 24.0 Å². The first-order chi connectivity index (χ1) is 17.0. The fourth-order valence-electron chi connectivity index (χ4n) is 5.41. The number of anilines is 1. The van der Waals surface area contributed by atoms with E-state index in [0.29, 0.717) is 6.42 Å². The van der Waals surface area contributed by atoms with Crippen LogP contribution in [0.5, 0.6) is 0 Å². The van der Waals surface area contributed by atoms with E-state index in [1.807, 2.05) is 6.92 Å². The van der Waals surface area contributed by atoms with Crippen molar-refractivity contribution < 1.29 is 28.4 Å². The molecule has 4 saturated carbocycles. The lowest BCUT2D eigenvalue weighted by molar-refractivity contribution is -0.209.